The molecule has 0 aliphatic heterocycles. The molecule has 2 saturated carbocycles. The number of halogens is 2. The van der Waals surface area contributed by atoms with Crippen LogP contribution in [0.4, 0.5) is 0 Å². The maximum absolute atomic E-state index is 12.7. The zero-order valence-electron chi connectivity index (χ0n) is 14.5. The highest BCUT2D eigenvalue weighted by Gasteiger charge is 2.65. The van der Waals surface area contributed by atoms with Crippen LogP contribution in [-0.4, -0.2) is 32.9 Å². The van der Waals surface area contributed by atoms with Crippen LogP contribution in [0.3, 0.4) is 0 Å². The summed E-state index contributed by atoms with van der Waals surface area (Å²) in [5.41, 5.74) is -1.34. The molecule has 1 aromatic rings. The van der Waals surface area contributed by atoms with E-state index in [1.54, 1.807) is 45.2 Å². The number of ketones is 1. The highest BCUT2D eigenvalue weighted by atomic mass is 127. The van der Waals surface area contributed by atoms with Gasteiger partial charge in [-0.3, -0.25) is 9.35 Å². The summed E-state index contributed by atoms with van der Waals surface area (Å²) in [5, 5.41) is 0. The second-order valence-corrected chi connectivity index (χ2v) is 12.9. The average Bonchev–Trinajstić information content (AvgIpc) is 2.77. The molecule has 0 saturated heterocycles. The first-order valence-corrected chi connectivity index (χ1v) is 13.3. The van der Waals surface area contributed by atoms with Gasteiger partial charge in [0.25, 0.3) is 10.1 Å². The molecule has 2 aliphatic rings. The monoisotopic (exact) mass is 640 g/mol. The summed E-state index contributed by atoms with van der Waals surface area (Å²) >= 11 is 3.38. The predicted molar refractivity (Wildman–Crippen MR) is 115 cm³/mol. The second-order valence-electron chi connectivity index (χ2n) is 7.64. The third-order valence-electron chi connectivity index (χ3n) is 6.02. The largest absolute Gasteiger partial charge is 0.382 e. The van der Waals surface area contributed by atoms with E-state index in [1.165, 1.54) is 12.1 Å². The highest BCUT2D eigenvalue weighted by molar-refractivity contribution is 14.1. The van der Waals surface area contributed by atoms with E-state index in [2.05, 4.69) is 0 Å². The van der Waals surface area contributed by atoms with Gasteiger partial charge in [0, 0.05) is 13.6 Å². The molecule has 2 fully saturated rings. The van der Waals surface area contributed by atoms with E-state index in [4.69, 9.17) is 4.18 Å². The number of carbonyl (C=O) groups excluding carboxylic acids is 1. The average molecular weight is 640 g/mol. The molecule has 27 heavy (non-hydrogen) atoms. The molecular formula is C16H18I2O7S2. The van der Waals surface area contributed by atoms with Gasteiger partial charge in [0.15, 0.2) is 0 Å². The van der Waals surface area contributed by atoms with E-state index in [9.17, 15) is 26.2 Å². The maximum atomic E-state index is 12.7. The zero-order chi connectivity index (χ0) is 20.4. The number of rotatable bonds is 5. The number of benzene rings is 1. The van der Waals surface area contributed by atoms with Crippen LogP contribution in [0, 0.1) is 23.9 Å². The van der Waals surface area contributed by atoms with Gasteiger partial charge in [-0.2, -0.15) is 16.8 Å². The van der Waals surface area contributed by atoms with E-state index in [1.807, 2.05) is 13.8 Å². The minimum Gasteiger partial charge on any atom is -0.382 e. The van der Waals surface area contributed by atoms with Crippen molar-refractivity contribution in [2.75, 3.05) is 5.75 Å². The third-order valence-corrected chi connectivity index (χ3v) is 10.7. The van der Waals surface area contributed by atoms with Gasteiger partial charge < -0.3 is 4.18 Å². The van der Waals surface area contributed by atoms with Crippen molar-refractivity contribution in [1.29, 1.82) is 0 Å². The van der Waals surface area contributed by atoms with E-state index in [-0.39, 0.29) is 29.5 Å². The summed E-state index contributed by atoms with van der Waals surface area (Å²) in [6, 6.07) is 2.47. The molecule has 7 nitrogen and oxygen atoms in total. The highest BCUT2D eigenvalue weighted by Crippen LogP contribution is 2.64. The summed E-state index contributed by atoms with van der Waals surface area (Å²) in [6.07, 6.45) is 1.76. The molecular weight excluding hydrogens is 622 g/mol. The van der Waals surface area contributed by atoms with Crippen molar-refractivity contribution in [3.8, 4) is 5.75 Å². The summed E-state index contributed by atoms with van der Waals surface area (Å²) in [5.74, 6) is -0.279. The summed E-state index contributed by atoms with van der Waals surface area (Å²) in [6.45, 7) is 3.88. The van der Waals surface area contributed by atoms with Gasteiger partial charge in [-0.1, -0.05) is 13.8 Å². The van der Waals surface area contributed by atoms with E-state index in [0.29, 0.717) is 12.8 Å². The van der Waals surface area contributed by atoms with Crippen molar-refractivity contribution in [2.24, 2.45) is 16.7 Å². The Morgan fingerprint density at radius 1 is 1.19 bits per heavy atom. The summed E-state index contributed by atoms with van der Waals surface area (Å²) < 4.78 is 63.1. The maximum Gasteiger partial charge on any atom is 0.310 e. The van der Waals surface area contributed by atoms with Crippen LogP contribution >= 0.6 is 45.2 Å². The van der Waals surface area contributed by atoms with Crippen molar-refractivity contribution >= 4 is 71.2 Å². The van der Waals surface area contributed by atoms with Crippen LogP contribution in [0.15, 0.2) is 17.0 Å². The van der Waals surface area contributed by atoms with Crippen LogP contribution in [0.25, 0.3) is 0 Å². The van der Waals surface area contributed by atoms with Gasteiger partial charge in [-0.05, 0) is 81.5 Å². The number of fused-ring (bicyclic) bond motifs is 2. The Hall–Kier alpha value is 0.01000. The molecule has 11 heteroatoms. The standard InChI is InChI=1S/C16H18I2O7S2/c1-15(2)9-3-4-16(15,13(19)5-9)8-26(20,21)25-10-6-11(17)14(12(18)7-10)27(22,23)24/h6-7,9H,3-5,8H2,1-2H3,(H,22,23,24). The Labute approximate surface area is 185 Å². The molecule has 3 rings (SSSR count). The zero-order valence-corrected chi connectivity index (χ0v) is 20.5. The molecule has 2 atom stereocenters. The van der Waals surface area contributed by atoms with Gasteiger partial charge in [-0.25, -0.2) is 0 Å². The molecule has 0 amide bonds. The van der Waals surface area contributed by atoms with E-state index in [0.717, 1.165) is 6.42 Å². The van der Waals surface area contributed by atoms with Crippen molar-refractivity contribution in [2.45, 2.75) is 38.0 Å². The van der Waals surface area contributed by atoms with Crippen molar-refractivity contribution in [3.63, 3.8) is 0 Å². The number of hydrogen-bond acceptors (Lipinski definition) is 6. The van der Waals surface area contributed by atoms with Crippen LogP contribution in [0.1, 0.15) is 33.1 Å². The molecule has 2 aliphatic carbocycles. The fourth-order valence-corrected chi connectivity index (χ4v) is 10.1. The topological polar surface area (TPSA) is 115 Å². The Bertz CT molecular complexity index is 1010. The molecule has 0 spiro atoms. The van der Waals surface area contributed by atoms with Gasteiger partial charge in [0.05, 0.1) is 11.2 Å². The van der Waals surface area contributed by atoms with E-state index < -0.39 is 36.8 Å². The molecule has 1 aromatic carbocycles. The SMILES string of the molecule is CC1(C)C2CCC1(CS(=O)(=O)Oc1cc(I)c(S(=O)(=O)O)c(I)c1)C(=O)C2. The molecule has 150 valence electrons. The van der Waals surface area contributed by atoms with E-state index >= 15 is 0 Å². The summed E-state index contributed by atoms with van der Waals surface area (Å²) in [4.78, 5) is 12.3. The quantitative estimate of drug-likeness (QED) is 0.299. The summed E-state index contributed by atoms with van der Waals surface area (Å²) in [7, 11) is -8.53. The Kier molecular flexibility index (Phi) is 5.45. The number of hydrogen-bond donors (Lipinski definition) is 1. The first-order valence-electron chi connectivity index (χ1n) is 8.12. The molecule has 2 bridgehead atoms. The Morgan fingerprint density at radius 3 is 2.15 bits per heavy atom. The Morgan fingerprint density at radius 2 is 1.74 bits per heavy atom. The normalized spacial score (nSPS) is 27.1. The molecule has 2 unspecified atom stereocenters. The third kappa shape index (κ3) is 3.66. The molecule has 0 aromatic heterocycles. The van der Waals surface area contributed by atoms with Crippen LogP contribution in [0.5, 0.6) is 5.75 Å². The van der Waals surface area contributed by atoms with Gasteiger partial charge in [-0.15, -0.1) is 0 Å². The van der Waals surface area contributed by atoms with Crippen LogP contribution < -0.4 is 4.18 Å². The molecule has 0 heterocycles. The van der Waals surface area contributed by atoms with Crippen LogP contribution in [0.2, 0.25) is 0 Å². The number of carbonyl (C=O) groups is 1. The lowest BCUT2D eigenvalue weighted by Gasteiger charge is -2.35. The minimum atomic E-state index is -4.44. The fourth-order valence-electron chi connectivity index (χ4n) is 4.42. The smallest absolute Gasteiger partial charge is 0.310 e. The first-order chi connectivity index (χ1) is 12.2. The lowest BCUT2D eigenvalue weighted by molar-refractivity contribution is -0.128. The lowest BCUT2D eigenvalue weighted by Crippen LogP contribution is -2.43. The van der Waals surface area contributed by atoms with Crippen molar-refractivity contribution in [3.05, 3.63) is 19.3 Å². The first kappa shape index (κ1) is 21.7. The van der Waals surface area contributed by atoms with Crippen LogP contribution in [-0.2, 0) is 25.0 Å². The lowest BCUT2D eigenvalue weighted by atomic mass is 9.70. The fraction of sp³-hybridized carbons (Fsp3) is 0.562. The van der Waals surface area contributed by atoms with Gasteiger partial charge >= 0.3 is 10.1 Å². The Balaban J connectivity index is 1.91. The van der Waals surface area contributed by atoms with Crippen molar-refractivity contribution < 1.29 is 30.4 Å². The predicted octanol–water partition coefficient (Wildman–Crippen LogP) is 3.25. The van der Waals surface area contributed by atoms with Gasteiger partial charge in [0.1, 0.15) is 16.4 Å². The minimum absolute atomic E-state index is 0.0261. The molecule has 1 N–H and O–H groups in total. The number of Topliss-reactive ketones (excluding diaryl/α,β-unsaturated/α-hetero) is 1. The second kappa shape index (κ2) is 6.77. The van der Waals surface area contributed by atoms with Gasteiger partial charge in [0.2, 0.25) is 0 Å². The van der Waals surface area contributed by atoms with Crippen molar-refractivity contribution in [1.82, 2.24) is 0 Å². The molecule has 0 radical (unpaired) electrons.